The second kappa shape index (κ2) is 8.60. The molecule has 20 heavy (non-hydrogen) atoms. The monoisotopic (exact) mass is 284 g/mol. The van der Waals surface area contributed by atoms with E-state index in [2.05, 4.69) is 36.0 Å². The van der Waals surface area contributed by atoms with Gasteiger partial charge in [0.1, 0.15) is 0 Å². The number of carbonyl (C=O) groups is 1. The Labute approximate surface area is 123 Å². The predicted molar refractivity (Wildman–Crippen MR) is 83.6 cm³/mol. The molecule has 1 saturated heterocycles. The molecule has 0 radical (unpaired) electrons. The molecular weight excluding hydrogens is 252 g/mol. The second-order valence-electron chi connectivity index (χ2n) is 6.29. The number of nitrogens with one attached hydrogen (secondary N) is 1. The number of amides is 1. The van der Waals surface area contributed by atoms with Gasteiger partial charge in [-0.05, 0) is 19.4 Å². The van der Waals surface area contributed by atoms with Crippen molar-refractivity contribution in [1.29, 1.82) is 0 Å². The average molecular weight is 284 g/mol. The lowest BCUT2D eigenvalue weighted by Gasteiger charge is -2.40. The minimum atomic E-state index is -0.361. The van der Waals surface area contributed by atoms with Gasteiger partial charge in [0.15, 0.2) is 0 Å². The molecule has 0 saturated carbocycles. The van der Waals surface area contributed by atoms with E-state index in [4.69, 9.17) is 5.73 Å². The van der Waals surface area contributed by atoms with Crippen molar-refractivity contribution in [3.63, 3.8) is 0 Å². The zero-order chi connectivity index (χ0) is 15.1. The molecule has 1 aliphatic heterocycles. The number of carbonyl (C=O) groups excluding carboxylic acids is 1. The molecule has 0 aromatic heterocycles. The highest BCUT2D eigenvalue weighted by molar-refractivity contribution is 5.81. The first-order valence-electron chi connectivity index (χ1n) is 7.91. The van der Waals surface area contributed by atoms with Gasteiger partial charge in [-0.2, -0.15) is 0 Å². The molecule has 5 nitrogen and oxygen atoms in total. The molecule has 5 heteroatoms. The van der Waals surface area contributed by atoms with Crippen LogP contribution in [0.2, 0.25) is 0 Å². The first-order valence-corrected chi connectivity index (χ1v) is 7.91. The third-order valence-corrected chi connectivity index (χ3v) is 4.20. The first-order chi connectivity index (χ1) is 9.45. The molecule has 1 heterocycles. The summed E-state index contributed by atoms with van der Waals surface area (Å²) in [7, 11) is 2.16. The molecule has 2 unspecified atom stereocenters. The van der Waals surface area contributed by atoms with Gasteiger partial charge in [0.05, 0.1) is 6.04 Å². The maximum absolute atomic E-state index is 11.9. The summed E-state index contributed by atoms with van der Waals surface area (Å²) in [4.78, 5) is 16.8. The van der Waals surface area contributed by atoms with Crippen LogP contribution in [0, 0.1) is 5.92 Å². The summed E-state index contributed by atoms with van der Waals surface area (Å²) in [5, 5.41) is 3.04. The Morgan fingerprint density at radius 1 is 1.25 bits per heavy atom. The highest BCUT2D eigenvalue weighted by Crippen LogP contribution is 2.13. The van der Waals surface area contributed by atoms with Crippen LogP contribution in [0.15, 0.2) is 0 Å². The minimum Gasteiger partial charge on any atom is -0.353 e. The highest BCUT2D eigenvalue weighted by atomic mass is 16.2. The van der Waals surface area contributed by atoms with Crippen LogP contribution in [0.25, 0.3) is 0 Å². The van der Waals surface area contributed by atoms with Crippen LogP contribution in [0.4, 0.5) is 0 Å². The van der Waals surface area contributed by atoms with Gasteiger partial charge < -0.3 is 16.0 Å². The Balaban J connectivity index is 2.45. The summed E-state index contributed by atoms with van der Waals surface area (Å²) in [6.07, 6.45) is 1.70. The first kappa shape index (κ1) is 17.4. The fourth-order valence-corrected chi connectivity index (χ4v) is 2.72. The Morgan fingerprint density at radius 2 is 1.85 bits per heavy atom. The van der Waals surface area contributed by atoms with Crippen molar-refractivity contribution in [1.82, 2.24) is 15.1 Å². The Morgan fingerprint density at radius 3 is 2.35 bits per heavy atom. The highest BCUT2D eigenvalue weighted by Gasteiger charge is 2.25. The number of likely N-dealkylation sites (N-methyl/N-ethyl adjacent to an activating group) is 1. The largest absolute Gasteiger partial charge is 0.353 e. The molecule has 0 spiro atoms. The van der Waals surface area contributed by atoms with E-state index in [0.29, 0.717) is 18.5 Å². The molecule has 0 bridgehead atoms. The fourth-order valence-electron chi connectivity index (χ4n) is 2.72. The molecule has 3 N–H and O–H groups in total. The predicted octanol–water partition coefficient (Wildman–Crippen LogP) is 0.502. The molecule has 0 aromatic carbocycles. The summed E-state index contributed by atoms with van der Waals surface area (Å²) in [6.45, 7) is 11.6. The van der Waals surface area contributed by atoms with Gasteiger partial charge in [0.25, 0.3) is 0 Å². The van der Waals surface area contributed by atoms with Crippen molar-refractivity contribution < 1.29 is 4.79 Å². The molecule has 1 amide bonds. The number of rotatable bonds is 7. The Hall–Kier alpha value is -0.650. The smallest absolute Gasteiger partial charge is 0.236 e. The van der Waals surface area contributed by atoms with E-state index >= 15 is 0 Å². The van der Waals surface area contributed by atoms with E-state index in [-0.39, 0.29) is 11.9 Å². The van der Waals surface area contributed by atoms with Gasteiger partial charge in [0.2, 0.25) is 5.91 Å². The quantitative estimate of drug-likeness (QED) is 0.715. The van der Waals surface area contributed by atoms with Crippen LogP contribution in [0.3, 0.4) is 0 Å². The molecule has 1 rings (SSSR count). The number of hydrogen-bond donors (Lipinski definition) is 2. The molecule has 0 aromatic rings. The molecule has 1 aliphatic rings. The standard InChI is InChI=1S/C15H32N4O/c1-5-6-13(16)15(20)17-11-14(12(2)3)19-9-7-18(4)8-10-19/h12-14H,5-11,16H2,1-4H3,(H,17,20). The lowest BCUT2D eigenvalue weighted by molar-refractivity contribution is -0.122. The lowest BCUT2D eigenvalue weighted by atomic mass is 10.0. The van der Waals surface area contributed by atoms with E-state index in [1.54, 1.807) is 0 Å². The van der Waals surface area contributed by atoms with E-state index in [1.807, 2.05) is 6.92 Å². The maximum atomic E-state index is 11.9. The molecule has 118 valence electrons. The van der Waals surface area contributed by atoms with Gasteiger partial charge in [0, 0.05) is 38.8 Å². The second-order valence-corrected chi connectivity index (χ2v) is 6.29. The van der Waals surface area contributed by atoms with Crippen LogP contribution in [-0.2, 0) is 4.79 Å². The third kappa shape index (κ3) is 5.38. The third-order valence-electron chi connectivity index (χ3n) is 4.20. The van der Waals surface area contributed by atoms with Gasteiger partial charge in [-0.25, -0.2) is 0 Å². The summed E-state index contributed by atoms with van der Waals surface area (Å²) in [5.74, 6) is 0.521. The topological polar surface area (TPSA) is 61.6 Å². The Bertz CT molecular complexity index is 288. The number of nitrogens with two attached hydrogens (primary N) is 1. The molecule has 1 fully saturated rings. The summed E-state index contributed by atoms with van der Waals surface area (Å²) in [5.41, 5.74) is 5.85. The number of nitrogens with zero attached hydrogens (tertiary/aromatic N) is 2. The Kier molecular flexibility index (Phi) is 7.48. The minimum absolute atomic E-state index is 0.00775. The van der Waals surface area contributed by atoms with Gasteiger partial charge in [-0.3, -0.25) is 9.69 Å². The van der Waals surface area contributed by atoms with Crippen molar-refractivity contribution in [2.75, 3.05) is 39.8 Å². The van der Waals surface area contributed by atoms with E-state index in [0.717, 1.165) is 39.0 Å². The zero-order valence-electron chi connectivity index (χ0n) is 13.6. The average Bonchev–Trinajstić information content (AvgIpc) is 2.40. The zero-order valence-corrected chi connectivity index (χ0v) is 13.6. The van der Waals surface area contributed by atoms with Crippen LogP contribution >= 0.6 is 0 Å². The van der Waals surface area contributed by atoms with Crippen molar-refractivity contribution in [2.24, 2.45) is 11.7 Å². The van der Waals surface area contributed by atoms with Crippen LogP contribution < -0.4 is 11.1 Å². The van der Waals surface area contributed by atoms with E-state index in [1.165, 1.54) is 0 Å². The van der Waals surface area contributed by atoms with E-state index in [9.17, 15) is 4.79 Å². The summed E-state index contributed by atoms with van der Waals surface area (Å²) < 4.78 is 0. The summed E-state index contributed by atoms with van der Waals surface area (Å²) in [6, 6.07) is 0.0433. The van der Waals surface area contributed by atoms with Crippen molar-refractivity contribution >= 4 is 5.91 Å². The van der Waals surface area contributed by atoms with Gasteiger partial charge >= 0.3 is 0 Å². The van der Waals surface area contributed by atoms with Gasteiger partial charge in [-0.15, -0.1) is 0 Å². The normalized spacial score (nSPS) is 20.9. The number of hydrogen-bond acceptors (Lipinski definition) is 4. The number of piperazine rings is 1. The van der Waals surface area contributed by atoms with Crippen molar-refractivity contribution in [2.45, 2.75) is 45.7 Å². The molecule has 2 atom stereocenters. The van der Waals surface area contributed by atoms with Crippen LogP contribution in [-0.4, -0.2) is 67.6 Å². The van der Waals surface area contributed by atoms with Crippen LogP contribution in [0.1, 0.15) is 33.6 Å². The van der Waals surface area contributed by atoms with Crippen molar-refractivity contribution in [3.8, 4) is 0 Å². The van der Waals surface area contributed by atoms with Crippen molar-refractivity contribution in [3.05, 3.63) is 0 Å². The maximum Gasteiger partial charge on any atom is 0.236 e. The van der Waals surface area contributed by atoms with Crippen LogP contribution in [0.5, 0.6) is 0 Å². The molecular formula is C15H32N4O. The fraction of sp³-hybridized carbons (Fsp3) is 0.933. The molecule has 0 aliphatic carbocycles. The summed E-state index contributed by atoms with van der Waals surface area (Å²) >= 11 is 0. The van der Waals surface area contributed by atoms with Gasteiger partial charge in [-0.1, -0.05) is 27.2 Å². The lowest BCUT2D eigenvalue weighted by Crippen LogP contribution is -2.55. The SMILES string of the molecule is CCCC(N)C(=O)NCC(C(C)C)N1CCN(C)CC1. The van der Waals surface area contributed by atoms with E-state index < -0.39 is 0 Å².